The van der Waals surface area contributed by atoms with E-state index in [1.165, 1.54) is 27.7 Å². The number of ketones is 2. The third-order valence-corrected chi connectivity index (χ3v) is 0. The Bertz CT molecular complexity index is 69.1. The number of rotatable bonds is 0. The largest absolute Gasteiger partial charge is 2.00 e. The Labute approximate surface area is 70.3 Å². The van der Waals surface area contributed by atoms with Crippen molar-refractivity contribution >= 4 is 11.6 Å². The first kappa shape index (κ1) is 16.0. The van der Waals surface area contributed by atoms with Crippen molar-refractivity contribution in [1.82, 2.24) is 0 Å². The Balaban J connectivity index is -0.0000000720. The molecule has 0 amide bonds. The Hall–Kier alpha value is 0.0283. The van der Waals surface area contributed by atoms with Crippen LogP contribution in [-0.2, 0) is 30.7 Å². The summed E-state index contributed by atoms with van der Waals surface area (Å²) in [6.07, 6.45) is 0. The number of hydrogen-bond acceptors (Lipinski definition) is 2. The standard InChI is InChI=1S/2C3H6O.Pt/c2*1-3(2)4;/h2*1-2H3;/q;;+2. The van der Waals surface area contributed by atoms with Gasteiger partial charge in [-0.25, -0.2) is 0 Å². The molecule has 0 heterocycles. The third-order valence-electron chi connectivity index (χ3n) is 0. The summed E-state index contributed by atoms with van der Waals surface area (Å²) in [4.78, 5) is 18.9. The quantitative estimate of drug-likeness (QED) is 0.673. The zero-order chi connectivity index (χ0) is 7.15. The number of carbonyl (C=O) groups is 2. The van der Waals surface area contributed by atoms with Crippen molar-refractivity contribution in [1.29, 1.82) is 0 Å². The van der Waals surface area contributed by atoms with Gasteiger partial charge in [0.1, 0.15) is 11.6 Å². The van der Waals surface area contributed by atoms with Crippen LogP contribution in [0.25, 0.3) is 0 Å². The minimum Gasteiger partial charge on any atom is -0.300 e. The molecule has 0 rings (SSSR count). The molecule has 0 saturated heterocycles. The van der Waals surface area contributed by atoms with E-state index in [0.717, 1.165) is 0 Å². The van der Waals surface area contributed by atoms with Gasteiger partial charge in [-0.05, 0) is 27.7 Å². The molecule has 0 atom stereocenters. The second-order valence-corrected chi connectivity index (χ2v) is 1.82. The van der Waals surface area contributed by atoms with Crippen molar-refractivity contribution in [3.63, 3.8) is 0 Å². The van der Waals surface area contributed by atoms with Gasteiger partial charge in [-0.3, -0.25) is 0 Å². The van der Waals surface area contributed by atoms with Crippen LogP contribution in [0.2, 0.25) is 0 Å². The molecule has 0 aromatic carbocycles. The van der Waals surface area contributed by atoms with Crippen molar-refractivity contribution in [2.45, 2.75) is 27.7 Å². The van der Waals surface area contributed by atoms with Crippen LogP contribution in [0, 0.1) is 0 Å². The van der Waals surface area contributed by atoms with Gasteiger partial charge in [-0.2, -0.15) is 0 Å². The molecule has 3 heteroatoms. The molecule has 0 spiro atoms. The van der Waals surface area contributed by atoms with Crippen molar-refractivity contribution in [2.75, 3.05) is 0 Å². The van der Waals surface area contributed by atoms with Crippen LogP contribution in [0.1, 0.15) is 27.7 Å². The van der Waals surface area contributed by atoms with Crippen molar-refractivity contribution in [3.8, 4) is 0 Å². The van der Waals surface area contributed by atoms with Crippen LogP contribution in [0.4, 0.5) is 0 Å². The third kappa shape index (κ3) is 364000. The minimum atomic E-state index is 0. The molecule has 2 nitrogen and oxygen atoms in total. The summed E-state index contributed by atoms with van der Waals surface area (Å²) in [7, 11) is 0. The summed E-state index contributed by atoms with van der Waals surface area (Å²) in [5.74, 6) is 0.333. The maximum absolute atomic E-state index is 9.44. The van der Waals surface area contributed by atoms with E-state index in [-0.39, 0.29) is 32.6 Å². The SMILES string of the molecule is CC(C)=O.CC(C)=O.[Pt+2]. The molecule has 0 aromatic heterocycles. The number of carbonyl (C=O) groups excluding carboxylic acids is 2. The van der Waals surface area contributed by atoms with E-state index >= 15 is 0 Å². The molecular weight excluding hydrogens is 299 g/mol. The average Bonchev–Trinajstić information content (AvgIpc) is 1.25. The van der Waals surface area contributed by atoms with E-state index in [1.54, 1.807) is 0 Å². The summed E-state index contributed by atoms with van der Waals surface area (Å²) in [6.45, 7) is 6.11. The van der Waals surface area contributed by atoms with Crippen molar-refractivity contribution in [2.24, 2.45) is 0 Å². The molecule has 0 bridgehead atoms. The predicted molar refractivity (Wildman–Crippen MR) is 32.7 cm³/mol. The average molecular weight is 311 g/mol. The first-order valence-corrected chi connectivity index (χ1v) is 2.41. The van der Waals surface area contributed by atoms with Gasteiger partial charge in [-0.1, -0.05) is 0 Å². The summed E-state index contributed by atoms with van der Waals surface area (Å²) >= 11 is 0. The molecular formula is C6H12O2Pt+2. The van der Waals surface area contributed by atoms with Crippen molar-refractivity contribution in [3.05, 3.63) is 0 Å². The second kappa shape index (κ2) is 10.9. The Morgan fingerprint density at radius 1 is 0.778 bits per heavy atom. The topological polar surface area (TPSA) is 34.1 Å². The Morgan fingerprint density at radius 3 is 0.778 bits per heavy atom. The van der Waals surface area contributed by atoms with Gasteiger partial charge in [0.15, 0.2) is 0 Å². The van der Waals surface area contributed by atoms with Crippen LogP contribution in [0.15, 0.2) is 0 Å². The minimum absolute atomic E-state index is 0. The van der Waals surface area contributed by atoms with Gasteiger partial charge < -0.3 is 9.59 Å². The monoisotopic (exact) mass is 311 g/mol. The zero-order valence-electron chi connectivity index (χ0n) is 6.13. The number of Topliss-reactive ketones (excluding diaryl/α,β-unsaturated/α-hetero) is 2. The van der Waals surface area contributed by atoms with Gasteiger partial charge in [0.2, 0.25) is 0 Å². The fourth-order valence-electron chi connectivity index (χ4n) is 0. The smallest absolute Gasteiger partial charge is 0.300 e. The van der Waals surface area contributed by atoms with Gasteiger partial charge in [0.25, 0.3) is 0 Å². The van der Waals surface area contributed by atoms with Gasteiger partial charge in [-0.15, -0.1) is 0 Å². The molecule has 0 fully saturated rings. The fraction of sp³-hybridized carbons (Fsp3) is 0.667. The number of hydrogen-bond donors (Lipinski definition) is 0. The molecule has 0 saturated carbocycles. The van der Waals surface area contributed by atoms with E-state index < -0.39 is 0 Å². The molecule has 0 radical (unpaired) electrons. The summed E-state index contributed by atoms with van der Waals surface area (Å²) in [5.41, 5.74) is 0. The zero-order valence-corrected chi connectivity index (χ0v) is 8.40. The Kier molecular flexibility index (Phi) is 19.4. The normalized spacial score (nSPS) is 5.78. The van der Waals surface area contributed by atoms with E-state index in [1.807, 2.05) is 0 Å². The first-order valence-electron chi connectivity index (χ1n) is 2.41. The van der Waals surface area contributed by atoms with E-state index in [0.29, 0.717) is 0 Å². The first-order chi connectivity index (χ1) is 3.46. The maximum Gasteiger partial charge on any atom is 2.00 e. The molecule has 0 aliphatic rings. The molecule has 9 heavy (non-hydrogen) atoms. The summed E-state index contributed by atoms with van der Waals surface area (Å²) in [6, 6.07) is 0. The van der Waals surface area contributed by atoms with Gasteiger partial charge in [0.05, 0.1) is 0 Å². The molecule has 56 valence electrons. The molecule has 0 N–H and O–H groups in total. The van der Waals surface area contributed by atoms with Gasteiger partial charge >= 0.3 is 21.1 Å². The predicted octanol–water partition coefficient (Wildman–Crippen LogP) is 1.19. The van der Waals surface area contributed by atoms with Crippen molar-refractivity contribution < 1.29 is 30.7 Å². The van der Waals surface area contributed by atoms with Crippen LogP contribution in [-0.4, -0.2) is 11.6 Å². The van der Waals surface area contributed by atoms with Crippen LogP contribution < -0.4 is 0 Å². The molecule has 0 aromatic rings. The molecule has 0 unspecified atom stereocenters. The second-order valence-electron chi connectivity index (χ2n) is 1.82. The van der Waals surface area contributed by atoms with Crippen LogP contribution >= 0.6 is 0 Å². The van der Waals surface area contributed by atoms with E-state index in [2.05, 4.69) is 0 Å². The van der Waals surface area contributed by atoms with Crippen LogP contribution in [0.5, 0.6) is 0 Å². The van der Waals surface area contributed by atoms with Crippen LogP contribution in [0.3, 0.4) is 0 Å². The Morgan fingerprint density at radius 2 is 0.778 bits per heavy atom. The van der Waals surface area contributed by atoms with E-state index in [4.69, 9.17) is 0 Å². The summed E-state index contributed by atoms with van der Waals surface area (Å²) < 4.78 is 0. The van der Waals surface area contributed by atoms with Gasteiger partial charge in [0, 0.05) is 0 Å². The fourth-order valence-corrected chi connectivity index (χ4v) is 0. The summed E-state index contributed by atoms with van der Waals surface area (Å²) in [5, 5.41) is 0. The molecule has 0 aliphatic heterocycles. The maximum atomic E-state index is 9.44. The molecule has 0 aliphatic carbocycles. The van der Waals surface area contributed by atoms with E-state index in [9.17, 15) is 9.59 Å².